The fourth-order valence-corrected chi connectivity index (χ4v) is 6.52. The molecule has 2 heteroatoms. The first-order valence-electron chi connectivity index (χ1n) is 8.76. The number of hydrogen-bond acceptors (Lipinski definition) is 2. The van der Waals surface area contributed by atoms with E-state index in [-0.39, 0.29) is 0 Å². The number of rotatable bonds is 3. The quantitative estimate of drug-likeness (QED) is 0.841. The molecule has 0 aromatic heterocycles. The van der Waals surface area contributed by atoms with Crippen LogP contribution in [0.5, 0.6) is 0 Å². The molecule has 19 heavy (non-hydrogen) atoms. The van der Waals surface area contributed by atoms with Gasteiger partial charge in [-0.1, -0.05) is 6.92 Å². The molecule has 0 spiro atoms. The van der Waals surface area contributed by atoms with Crippen LogP contribution in [0.25, 0.3) is 0 Å². The van der Waals surface area contributed by atoms with Gasteiger partial charge in [0.2, 0.25) is 0 Å². The summed E-state index contributed by atoms with van der Waals surface area (Å²) in [6.07, 6.45) is 12.1. The van der Waals surface area contributed by atoms with Gasteiger partial charge in [0.25, 0.3) is 0 Å². The van der Waals surface area contributed by atoms with Crippen LogP contribution in [0.1, 0.15) is 58.3 Å². The third-order valence-electron chi connectivity index (χ3n) is 6.71. The lowest BCUT2D eigenvalue weighted by Gasteiger charge is -2.62. The molecular formula is C17H30N2. The Hall–Kier alpha value is -0.0800. The van der Waals surface area contributed by atoms with Crippen LogP contribution in [0.4, 0.5) is 0 Å². The van der Waals surface area contributed by atoms with Gasteiger partial charge in [-0.05, 0) is 88.8 Å². The Morgan fingerprint density at radius 2 is 1.47 bits per heavy atom. The normalized spacial score (nSPS) is 46.1. The summed E-state index contributed by atoms with van der Waals surface area (Å²) in [6.45, 7) is 6.19. The SMILES string of the molecule is CCN(C1CCNCC1)C12CC3CC(CC(C3)C1)C2. The van der Waals surface area contributed by atoms with Crippen LogP contribution in [0.15, 0.2) is 0 Å². The molecule has 5 aliphatic rings. The summed E-state index contributed by atoms with van der Waals surface area (Å²) >= 11 is 0. The monoisotopic (exact) mass is 262 g/mol. The maximum Gasteiger partial charge on any atom is 0.0220 e. The first kappa shape index (κ1) is 12.6. The summed E-state index contributed by atoms with van der Waals surface area (Å²) < 4.78 is 0. The molecule has 1 heterocycles. The molecule has 0 radical (unpaired) electrons. The van der Waals surface area contributed by atoms with Crippen molar-refractivity contribution in [1.82, 2.24) is 10.2 Å². The van der Waals surface area contributed by atoms with Crippen molar-refractivity contribution in [2.24, 2.45) is 17.8 Å². The Bertz CT molecular complexity index is 297. The van der Waals surface area contributed by atoms with E-state index in [1.165, 1.54) is 51.7 Å². The van der Waals surface area contributed by atoms with Gasteiger partial charge in [0.15, 0.2) is 0 Å². The average molecular weight is 262 g/mol. The van der Waals surface area contributed by atoms with Crippen LogP contribution in [-0.4, -0.2) is 36.1 Å². The van der Waals surface area contributed by atoms with Crippen LogP contribution in [0.3, 0.4) is 0 Å². The fraction of sp³-hybridized carbons (Fsp3) is 1.00. The van der Waals surface area contributed by atoms with Gasteiger partial charge in [-0.2, -0.15) is 0 Å². The van der Waals surface area contributed by atoms with Crippen molar-refractivity contribution in [3.63, 3.8) is 0 Å². The second-order valence-electron chi connectivity index (χ2n) is 7.91. The van der Waals surface area contributed by atoms with Gasteiger partial charge in [0.1, 0.15) is 0 Å². The van der Waals surface area contributed by atoms with E-state index in [0.717, 1.165) is 23.8 Å². The summed E-state index contributed by atoms with van der Waals surface area (Å²) in [7, 11) is 0. The van der Waals surface area contributed by atoms with Gasteiger partial charge < -0.3 is 5.32 Å². The third kappa shape index (κ3) is 2.06. The lowest BCUT2D eigenvalue weighted by molar-refractivity contribution is -0.106. The molecular weight excluding hydrogens is 232 g/mol. The Morgan fingerprint density at radius 3 is 1.95 bits per heavy atom. The molecule has 4 aliphatic carbocycles. The number of nitrogens with zero attached hydrogens (tertiary/aromatic N) is 1. The minimum Gasteiger partial charge on any atom is -0.317 e. The predicted molar refractivity (Wildman–Crippen MR) is 79.2 cm³/mol. The number of piperidine rings is 1. The summed E-state index contributed by atoms with van der Waals surface area (Å²) in [6, 6.07) is 0.877. The second-order valence-corrected chi connectivity index (χ2v) is 7.91. The minimum absolute atomic E-state index is 0.630. The zero-order valence-electron chi connectivity index (χ0n) is 12.5. The van der Waals surface area contributed by atoms with Crippen molar-refractivity contribution in [3.8, 4) is 0 Å². The first-order valence-corrected chi connectivity index (χ1v) is 8.76. The number of nitrogens with one attached hydrogen (secondary N) is 1. The van der Waals surface area contributed by atoms with Gasteiger partial charge in [-0.25, -0.2) is 0 Å². The van der Waals surface area contributed by atoms with Crippen molar-refractivity contribution in [2.75, 3.05) is 19.6 Å². The summed E-state index contributed by atoms with van der Waals surface area (Å²) in [5.41, 5.74) is 0.630. The lowest BCUT2D eigenvalue weighted by Crippen LogP contribution is -2.63. The van der Waals surface area contributed by atoms with Crippen LogP contribution in [0, 0.1) is 17.8 Å². The Balaban J connectivity index is 1.58. The van der Waals surface area contributed by atoms with E-state index >= 15 is 0 Å². The molecule has 5 rings (SSSR count). The maximum absolute atomic E-state index is 3.54. The fourth-order valence-electron chi connectivity index (χ4n) is 6.52. The first-order chi connectivity index (χ1) is 9.29. The van der Waals surface area contributed by atoms with Crippen molar-refractivity contribution in [1.29, 1.82) is 0 Å². The van der Waals surface area contributed by atoms with Gasteiger partial charge >= 0.3 is 0 Å². The molecule has 1 N–H and O–H groups in total. The zero-order valence-corrected chi connectivity index (χ0v) is 12.5. The molecule has 0 unspecified atom stereocenters. The van der Waals surface area contributed by atoms with Gasteiger partial charge in [0, 0.05) is 11.6 Å². The van der Waals surface area contributed by atoms with Crippen LogP contribution >= 0.6 is 0 Å². The molecule has 0 aromatic carbocycles. The molecule has 0 aromatic rings. The highest BCUT2D eigenvalue weighted by atomic mass is 15.2. The Kier molecular flexibility index (Phi) is 3.15. The summed E-state index contributed by atoms with van der Waals surface area (Å²) in [5.74, 6) is 3.26. The highest BCUT2D eigenvalue weighted by Gasteiger charge is 2.54. The van der Waals surface area contributed by atoms with Crippen molar-refractivity contribution in [3.05, 3.63) is 0 Å². The Labute approximate surface area is 118 Å². The molecule has 0 atom stereocenters. The van der Waals surface area contributed by atoms with Crippen LogP contribution in [-0.2, 0) is 0 Å². The Morgan fingerprint density at radius 1 is 0.947 bits per heavy atom. The molecule has 108 valence electrons. The summed E-state index contributed by atoms with van der Waals surface area (Å²) in [4.78, 5) is 2.98. The summed E-state index contributed by atoms with van der Waals surface area (Å²) in [5, 5.41) is 3.54. The van der Waals surface area contributed by atoms with Crippen molar-refractivity contribution in [2.45, 2.75) is 69.9 Å². The van der Waals surface area contributed by atoms with Gasteiger partial charge in [-0.3, -0.25) is 4.90 Å². The van der Waals surface area contributed by atoms with Crippen molar-refractivity contribution >= 4 is 0 Å². The average Bonchev–Trinajstić information content (AvgIpc) is 2.38. The van der Waals surface area contributed by atoms with E-state index in [1.807, 2.05) is 0 Å². The molecule has 4 bridgehead atoms. The molecule has 0 amide bonds. The lowest BCUT2D eigenvalue weighted by atomic mass is 9.52. The highest BCUT2D eigenvalue weighted by Crippen LogP contribution is 2.58. The molecule has 2 nitrogen and oxygen atoms in total. The van der Waals surface area contributed by atoms with E-state index in [9.17, 15) is 0 Å². The van der Waals surface area contributed by atoms with Crippen LogP contribution < -0.4 is 5.32 Å². The van der Waals surface area contributed by atoms with E-state index in [1.54, 1.807) is 19.3 Å². The smallest absolute Gasteiger partial charge is 0.0220 e. The molecule has 1 saturated heterocycles. The topological polar surface area (TPSA) is 15.3 Å². The third-order valence-corrected chi connectivity index (χ3v) is 6.71. The van der Waals surface area contributed by atoms with E-state index in [4.69, 9.17) is 0 Å². The zero-order chi connectivity index (χ0) is 12.9. The van der Waals surface area contributed by atoms with Crippen molar-refractivity contribution < 1.29 is 0 Å². The number of hydrogen-bond donors (Lipinski definition) is 1. The second kappa shape index (κ2) is 4.73. The standard InChI is InChI=1S/C17H30N2/c1-2-19(16-3-5-18-6-4-16)17-10-13-7-14(11-17)9-15(8-13)12-17/h13-16,18H,2-12H2,1H3. The largest absolute Gasteiger partial charge is 0.317 e. The van der Waals surface area contributed by atoms with E-state index in [2.05, 4.69) is 17.1 Å². The van der Waals surface area contributed by atoms with E-state index in [0.29, 0.717) is 5.54 Å². The predicted octanol–water partition coefficient (Wildman–Crippen LogP) is 3.03. The van der Waals surface area contributed by atoms with Gasteiger partial charge in [0.05, 0.1) is 0 Å². The maximum atomic E-state index is 3.54. The molecule has 1 aliphatic heterocycles. The highest BCUT2D eigenvalue weighted by molar-refractivity contribution is 5.08. The minimum atomic E-state index is 0.630. The van der Waals surface area contributed by atoms with Gasteiger partial charge in [-0.15, -0.1) is 0 Å². The van der Waals surface area contributed by atoms with E-state index < -0.39 is 0 Å². The molecule has 4 saturated carbocycles. The van der Waals surface area contributed by atoms with Crippen LogP contribution in [0.2, 0.25) is 0 Å². The molecule has 5 fully saturated rings.